The Hall–Kier alpha value is -0.480. The van der Waals surface area contributed by atoms with Gasteiger partial charge in [-0.05, 0) is 51.3 Å². The third-order valence-corrected chi connectivity index (χ3v) is 3.46. The number of rotatable bonds is 7. The van der Waals surface area contributed by atoms with Gasteiger partial charge in [-0.3, -0.25) is 0 Å². The number of ether oxygens (including phenoxy) is 2. The summed E-state index contributed by atoms with van der Waals surface area (Å²) in [5.74, 6) is 0.655. The van der Waals surface area contributed by atoms with E-state index in [1.165, 1.54) is 0 Å². The minimum absolute atomic E-state index is 0.0627. The Morgan fingerprint density at radius 3 is 2.43 bits per heavy atom. The molecular weight excluding hydrogens is 309 g/mol. The zero-order valence-electron chi connectivity index (χ0n) is 13.2. The molecule has 1 unspecified atom stereocenters. The standard InChI is InChI=1S/C16H25Cl2NO2/c1-5-13(19)9-11-8-12(17)10-14(18)15(11)20-6-7-21-16(2,3)4/h8,10,13H,5-7,9,19H2,1-4H3. The van der Waals surface area contributed by atoms with Crippen molar-refractivity contribution in [3.63, 3.8) is 0 Å². The zero-order valence-corrected chi connectivity index (χ0v) is 14.7. The summed E-state index contributed by atoms with van der Waals surface area (Å²) in [4.78, 5) is 0. The van der Waals surface area contributed by atoms with Gasteiger partial charge in [-0.15, -0.1) is 0 Å². The van der Waals surface area contributed by atoms with E-state index in [4.69, 9.17) is 38.4 Å². The maximum Gasteiger partial charge on any atom is 0.141 e. The van der Waals surface area contributed by atoms with Gasteiger partial charge in [0, 0.05) is 11.1 Å². The van der Waals surface area contributed by atoms with Crippen molar-refractivity contribution in [2.45, 2.75) is 52.2 Å². The van der Waals surface area contributed by atoms with Crippen molar-refractivity contribution in [3.8, 4) is 5.75 Å². The van der Waals surface area contributed by atoms with Crippen LogP contribution in [0.15, 0.2) is 12.1 Å². The lowest BCUT2D eigenvalue weighted by Crippen LogP contribution is -2.23. The molecule has 1 aromatic carbocycles. The fraction of sp³-hybridized carbons (Fsp3) is 0.625. The molecule has 2 N–H and O–H groups in total. The predicted molar refractivity (Wildman–Crippen MR) is 89.6 cm³/mol. The zero-order chi connectivity index (χ0) is 16.0. The highest BCUT2D eigenvalue weighted by Crippen LogP contribution is 2.33. The second-order valence-electron chi connectivity index (χ2n) is 6.06. The van der Waals surface area contributed by atoms with Gasteiger partial charge in [-0.1, -0.05) is 30.1 Å². The van der Waals surface area contributed by atoms with Gasteiger partial charge in [0.25, 0.3) is 0 Å². The lowest BCUT2D eigenvalue weighted by molar-refractivity contribution is -0.0163. The van der Waals surface area contributed by atoms with Crippen molar-refractivity contribution in [2.24, 2.45) is 5.73 Å². The SMILES string of the molecule is CCC(N)Cc1cc(Cl)cc(Cl)c1OCCOC(C)(C)C. The van der Waals surface area contributed by atoms with E-state index in [1.54, 1.807) is 6.07 Å². The summed E-state index contributed by atoms with van der Waals surface area (Å²) in [6.07, 6.45) is 1.57. The van der Waals surface area contributed by atoms with Crippen LogP contribution in [0.5, 0.6) is 5.75 Å². The fourth-order valence-corrected chi connectivity index (χ4v) is 2.44. The molecule has 21 heavy (non-hydrogen) atoms. The van der Waals surface area contributed by atoms with Crippen molar-refractivity contribution < 1.29 is 9.47 Å². The summed E-state index contributed by atoms with van der Waals surface area (Å²) in [6.45, 7) is 9.01. The number of halogens is 2. The summed E-state index contributed by atoms with van der Waals surface area (Å²) in [5.41, 5.74) is 6.78. The van der Waals surface area contributed by atoms with Crippen LogP contribution < -0.4 is 10.5 Å². The molecule has 120 valence electrons. The van der Waals surface area contributed by atoms with Gasteiger partial charge in [0.2, 0.25) is 0 Å². The molecule has 0 aliphatic carbocycles. The molecule has 5 heteroatoms. The Morgan fingerprint density at radius 2 is 1.86 bits per heavy atom. The van der Waals surface area contributed by atoms with E-state index in [9.17, 15) is 0 Å². The summed E-state index contributed by atoms with van der Waals surface area (Å²) in [6, 6.07) is 3.61. The van der Waals surface area contributed by atoms with E-state index < -0.39 is 0 Å². The molecule has 0 aliphatic heterocycles. The first kappa shape index (κ1) is 18.6. The lowest BCUT2D eigenvalue weighted by atomic mass is 10.0. The second-order valence-corrected chi connectivity index (χ2v) is 6.90. The maximum atomic E-state index is 6.24. The van der Waals surface area contributed by atoms with Crippen LogP contribution >= 0.6 is 23.2 Å². The highest BCUT2D eigenvalue weighted by molar-refractivity contribution is 6.35. The van der Waals surface area contributed by atoms with Crippen molar-refractivity contribution in [2.75, 3.05) is 13.2 Å². The normalized spacial score (nSPS) is 13.3. The van der Waals surface area contributed by atoms with Gasteiger partial charge >= 0.3 is 0 Å². The number of nitrogens with two attached hydrogens (primary N) is 1. The molecule has 0 bridgehead atoms. The molecule has 0 aromatic heterocycles. The van der Waals surface area contributed by atoms with Crippen LogP contribution in [0.2, 0.25) is 10.0 Å². The average Bonchev–Trinajstić information content (AvgIpc) is 2.35. The van der Waals surface area contributed by atoms with Crippen LogP contribution in [0.1, 0.15) is 39.7 Å². The third kappa shape index (κ3) is 6.88. The first-order chi connectivity index (χ1) is 9.73. The molecule has 1 atom stereocenters. The van der Waals surface area contributed by atoms with E-state index in [-0.39, 0.29) is 11.6 Å². The largest absolute Gasteiger partial charge is 0.489 e. The van der Waals surface area contributed by atoms with Crippen molar-refractivity contribution in [1.82, 2.24) is 0 Å². The Labute approximate surface area is 137 Å². The van der Waals surface area contributed by atoms with Crippen LogP contribution in [-0.4, -0.2) is 24.9 Å². The number of benzene rings is 1. The molecule has 0 fully saturated rings. The molecule has 0 heterocycles. The first-order valence-electron chi connectivity index (χ1n) is 7.23. The monoisotopic (exact) mass is 333 g/mol. The van der Waals surface area contributed by atoms with E-state index in [0.29, 0.717) is 35.4 Å². The number of hydrogen-bond donors (Lipinski definition) is 1. The van der Waals surface area contributed by atoms with Gasteiger partial charge < -0.3 is 15.2 Å². The first-order valence-corrected chi connectivity index (χ1v) is 7.98. The Bertz CT molecular complexity index is 458. The maximum absolute atomic E-state index is 6.24. The van der Waals surface area contributed by atoms with E-state index >= 15 is 0 Å². The Kier molecular flexibility index (Phi) is 7.28. The highest BCUT2D eigenvalue weighted by atomic mass is 35.5. The lowest BCUT2D eigenvalue weighted by Gasteiger charge is -2.21. The smallest absolute Gasteiger partial charge is 0.141 e. The molecule has 1 rings (SSSR count). The minimum Gasteiger partial charge on any atom is -0.489 e. The predicted octanol–water partition coefficient (Wildman–Crippen LogP) is 4.47. The number of hydrogen-bond acceptors (Lipinski definition) is 3. The second kappa shape index (κ2) is 8.23. The molecular formula is C16H25Cl2NO2. The molecule has 0 radical (unpaired) electrons. The van der Waals surface area contributed by atoms with Gasteiger partial charge in [0.05, 0.1) is 17.2 Å². The summed E-state index contributed by atoms with van der Waals surface area (Å²) < 4.78 is 11.4. The van der Waals surface area contributed by atoms with E-state index in [2.05, 4.69) is 6.92 Å². The molecule has 0 saturated carbocycles. The van der Waals surface area contributed by atoms with Crippen molar-refractivity contribution >= 4 is 23.2 Å². The third-order valence-electron chi connectivity index (χ3n) is 2.96. The van der Waals surface area contributed by atoms with Gasteiger partial charge in [0.1, 0.15) is 12.4 Å². The molecule has 0 aliphatic rings. The van der Waals surface area contributed by atoms with Crippen LogP contribution in [0.3, 0.4) is 0 Å². The molecule has 3 nitrogen and oxygen atoms in total. The Balaban J connectivity index is 2.75. The van der Waals surface area contributed by atoms with Gasteiger partial charge in [-0.2, -0.15) is 0 Å². The van der Waals surface area contributed by atoms with E-state index in [0.717, 1.165) is 12.0 Å². The van der Waals surface area contributed by atoms with E-state index in [1.807, 2.05) is 26.8 Å². The topological polar surface area (TPSA) is 44.5 Å². The van der Waals surface area contributed by atoms with Crippen molar-refractivity contribution in [3.05, 3.63) is 27.7 Å². The van der Waals surface area contributed by atoms with Gasteiger partial charge in [-0.25, -0.2) is 0 Å². The summed E-state index contributed by atoms with van der Waals surface area (Å²) >= 11 is 12.3. The molecule has 0 amide bonds. The van der Waals surface area contributed by atoms with Gasteiger partial charge in [0.15, 0.2) is 0 Å². The fourth-order valence-electron chi connectivity index (χ4n) is 1.85. The molecule has 0 saturated heterocycles. The highest BCUT2D eigenvalue weighted by Gasteiger charge is 2.14. The van der Waals surface area contributed by atoms with Crippen LogP contribution in [0.25, 0.3) is 0 Å². The van der Waals surface area contributed by atoms with Crippen LogP contribution in [0.4, 0.5) is 0 Å². The van der Waals surface area contributed by atoms with Crippen LogP contribution in [-0.2, 0) is 11.2 Å². The quantitative estimate of drug-likeness (QED) is 0.749. The average molecular weight is 334 g/mol. The summed E-state index contributed by atoms with van der Waals surface area (Å²) in [7, 11) is 0. The molecule has 1 aromatic rings. The van der Waals surface area contributed by atoms with Crippen molar-refractivity contribution in [1.29, 1.82) is 0 Å². The molecule has 0 spiro atoms. The minimum atomic E-state index is -0.180. The summed E-state index contributed by atoms with van der Waals surface area (Å²) in [5, 5.41) is 1.10. The Morgan fingerprint density at radius 1 is 1.19 bits per heavy atom. The van der Waals surface area contributed by atoms with Crippen LogP contribution in [0, 0.1) is 0 Å².